The summed E-state index contributed by atoms with van der Waals surface area (Å²) in [5.41, 5.74) is 5.87. The molecular formula is C26H27N7O. The van der Waals surface area contributed by atoms with Gasteiger partial charge in [-0.05, 0) is 50.3 Å². The monoisotopic (exact) mass is 453 g/mol. The molecule has 0 saturated carbocycles. The van der Waals surface area contributed by atoms with E-state index >= 15 is 0 Å². The molecule has 1 spiro atoms. The Balaban J connectivity index is 1.30. The van der Waals surface area contributed by atoms with E-state index in [-0.39, 0.29) is 11.4 Å². The lowest BCUT2D eigenvalue weighted by molar-refractivity contribution is 0.206. The van der Waals surface area contributed by atoms with Crippen molar-refractivity contribution in [1.29, 1.82) is 0 Å². The van der Waals surface area contributed by atoms with Gasteiger partial charge in [0.05, 0.1) is 11.3 Å². The Kier molecular flexibility index (Phi) is 4.91. The van der Waals surface area contributed by atoms with Crippen LogP contribution in [0.1, 0.15) is 31.0 Å². The summed E-state index contributed by atoms with van der Waals surface area (Å²) in [6, 6.07) is 4.35. The fourth-order valence-electron chi connectivity index (χ4n) is 5.26. The Morgan fingerprint density at radius 3 is 3.03 bits per heavy atom. The molecule has 34 heavy (non-hydrogen) atoms. The van der Waals surface area contributed by atoms with Crippen LogP contribution in [0.2, 0.25) is 0 Å². The predicted molar refractivity (Wildman–Crippen MR) is 131 cm³/mol. The number of urea groups is 1. The molecule has 3 aromatic heterocycles. The molecule has 3 aromatic rings. The van der Waals surface area contributed by atoms with E-state index in [0.717, 1.165) is 72.4 Å². The first-order valence-corrected chi connectivity index (χ1v) is 11.9. The minimum atomic E-state index is -0.00528. The molecule has 1 atom stereocenters. The number of likely N-dealkylation sites (tertiary alicyclic amines) is 1. The lowest BCUT2D eigenvalue weighted by Gasteiger charge is -2.23. The highest BCUT2D eigenvalue weighted by Crippen LogP contribution is 2.43. The SMILES string of the molecule is CCNC(=O)N1CCC2(CCn3nc(-c4cnc5[nH]cc(C#CC6=CCNC=C6)c5c4)cc32)C1. The van der Waals surface area contributed by atoms with Crippen LogP contribution in [0.5, 0.6) is 0 Å². The summed E-state index contributed by atoms with van der Waals surface area (Å²) in [7, 11) is 0. The minimum Gasteiger partial charge on any atom is -0.387 e. The van der Waals surface area contributed by atoms with Crippen molar-refractivity contribution in [2.45, 2.75) is 31.7 Å². The highest BCUT2D eigenvalue weighted by molar-refractivity contribution is 5.87. The van der Waals surface area contributed by atoms with E-state index in [4.69, 9.17) is 5.10 Å². The smallest absolute Gasteiger partial charge is 0.317 e. The molecule has 6 heterocycles. The Hall–Kier alpha value is -3.99. The number of aromatic nitrogens is 4. The number of carbonyl (C=O) groups excluding carboxylic acids is 1. The molecule has 0 bridgehead atoms. The Labute approximate surface area is 198 Å². The van der Waals surface area contributed by atoms with Crippen LogP contribution in [-0.2, 0) is 12.0 Å². The molecule has 8 heteroatoms. The number of allylic oxidation sites excluding steroid dienone is 2. The van der Waals surface area contributed by atoms with Gasteiger partial charge in [-0.15, -0.1) is 0 Å². The van der Waals surface area contributed by atoms with Crippen molar-refractivity contribution in [2.75, 3.05) is 26.2 Å². The zero-order valence-electron chi connectivity index (χ0n) is 19.2. The second kappa shape index (κ2) is 8.10. The maximum atomic E-state index is 12.4. The molecule has 1 unspecified atom stereocenters. The Morgan fingerprint density at radius 1 is 1.26 bits per heavy atom. The fraction of sp³-hybridized carbons (Fsp3) is 0.346. The number of dihydropyridines is 1. The quantitative estimate of drug-likeness (QED) is 0.521. The molecule has 1 saturated heterocycles. The van der Waals surface area contributed by atoms with Crippen LogP contribution in [0, 0.1) is 11.8 Å². The van der Waals surface area contributed by atoms with E-state index in [0.29, 0.717) is 6.54 Å². The molecule has 0 aromatic carbocycles. The van der Waals surface area contributed by atoms with Gasteiger partial charge in [0.15, 0.2) is 0 Å². The highest BCUT2D eigenvalue weighted by Gasteiger charge is 2.46. The molecule has 0 radical (unpaired) electrons. The van der Waals surface area contributed by atoms with Crippen molar-refractivity contribution in [3.63, 3.8) is 0 Å². The van der Waals surface area contributed by atoms with E-state index in [1.54, 1.807) is 0 Å². The number of rotatable bonds is 2. The van der Waals surface area contributed by atoms with Crippen LogP contribution in [0.4, 0.5) is 4.79 Å². The average molecular weight is 454 g/mol. The zero-order valence-corrected chi connectivity index (χ0v) is 19.2. The Morgan fingerprint density at radius 2 is 2.18 bits per heavy atom. The maximum Gasteiger partial charge on any atom is 0.317 e. The van der Waals surface area contributed by atoms with Crippen LogP contribution in [0.15, 0.2) is 48.5 Å². The summed E-state index contributed by atoms with van der Waals surface area (Å²) < 4.78 is 2.12. The van der Waals surface area contributed by atoms with E-state index in [2.05, 4.69) is 55.3 Å². The number of aryl methyl sites for hydroxylation is 1. The fourth-order valence-corrected chi connectivity index (χ4v) is 5.26. The number of aromatic amines is 1. The highest BCUT2D eigenvalue weighted by atomic mass is 16.2. The molecule has 6 rings (SSSR count). The van der Waals surface area contributed by atoms with Crippen LogP contribution >= 0.6 is 0 Å². The first-order chi connectivity index (χ1) is 16.6. The van der Waals surface area contributed by atoms with Gasteiger partial charge < -0.3 is 20.5 Å². The minimum absolute atomic E-state index is 0.00528. The summed E-state index contributed by atoms with van der Waals surface area (Å²) in [6.45, 7) is 5.82. The second-order valence-corrected chi connectivity index (χ2v) is 9.15. The normalized spacial score (nSPS) is 20.7. The van der Waals surface area contributed by atoms with E-state index in [1.165, 1.54) is 5.69 Å². The number of amides is 2. The number of hydrogen-bond donors (Lipinski definition) is 3. The van der Waals surface area contributed by atoms with Gasteiger partial charge in [0.2, 0.25) is 0 Å². The number of pyridine rings is 1. The van der Waals surface area contributed by atoms with Crippen LogP contribution in [-0.4, -0.2) is 56.9 Å². The van der Waals surface area contributed by atoms with Crippen LogP contribution in [0.3, 0.4) is 0 Å². The zero-order chi connectivity index (χ0) is 23.1. The van der Waals surface area contributed by atoms with Gasteiger partial charge in [0.1, 0.15) is 5.65 Å². The molecule has 8 nitrogen and oxygen atoms in total. The van der Waals surface area contributed by atoms with Crippen molar-refractivity contribution < 1.29 is 4.79 Å². The number of carbonyl (C=O) groups is 1. The molecule has 3 N–H and O–H groups in total. The van der Waals surface area contributed by atoms with Crippen LogP contribution in [0.25, 0.3) is 22.3 Å². The predicted octanol–water partition coefficient (Wildman–Crippen LogP) is 2.90. The summed E-state index contributed by atoms with van der Waals surface area (Å²) in [4.78, 5) is 22.2. The standard InChI is InChI=1S/C26H27N7O/c1-2-28-25(34)32-11-7-26(17-32)8-12-33-23(26)14-22(31-33)20-13-21-19(15-29-24(21)30-16-20)4-3-18-5-9-27-10-6-18/h5-6,9,13-16,27H,2,7-8,10-12,17H2,1H3,(H,28,34)(H,29,30). The molecular weight excluding hydrogens is 426 g/mol. The van der Waals surface area contributed by atoms with Crippen molar-refractivity contribution in [2.24, 2.45) is 0 Å². The van der Waals surface area contributed by atoms with Gasteiger partial charge in [0.25, 0.3) is 0 Å². The van der Waals surface area contributed by atoms with Gasteiger partial charge in [-0.3, -0.25) is 4.68 Å². The molecule has 1 fully saturated rings. The van der Waals surface area contributed by atoms with Crippen molar-refractivity contribution in [1.82, 2.24) is 35.3 Å². The van der Waals surface area contributed by atoms with Crippen LogP contribution < -0.4 is 10.6 Å². The third-order valence-electron chi connectivity index (χ3n) is 7.08. The number of H-pyrrole nitrogens is 1. The summed E-state index contributed by atoms with van der Waals surface area (Å²) in [6.07, 6.45) is 11.8. The first-order valence-electron chi connectivity index (χ1n) is 11.9. The van der Waals surface area contributed by atoms with E-state index in [9.17, 15) is 4.79 Å². The average Bonchev–Trinajstić information content (AvgIpc) is 3.64. The van der Waals surface area contributed by atoms with Gasteiger partial charge in [-0.1, -0.05) is 11.8 Å². The molecule has 2 amide bonds. The lowest BCUT2D eigenvalue weighted by Crippen LogP contribution is -2.40. The number of nitrogens with one attached hydrogen (secondary N) is 3. The maximum absolute atomic E-state index is 12.4. The first kappa shape index (κ1) is 20.6. The van der Waals surface area contributed by atoms with Gasteiger partial charge in [-0.25, -0.2) is 9.78 Å². The van der Waals surface area contributed by atoms with Crippen molar-refractivity contribution >= 4 is 17.1 Å². The third kappa shape index (κ3) is 3.45. The second-order valence-electron chi connectivity index (χ2n) is 9.15. The molecule has 0 aliphatic carbocycles. The summed E-state index contributed by atoms with van der Waals surface area (Å²) >= 11 is 0. The summed E-state index contributed by atoms with van der Waals surface area (Å²) in [5, 5.41) is 12.0. The molecule has 3 aliphatic heterocycles. The van der Waals surface area contributed by atoms with Gasteiger partial charge >= 0.3 is 6.03 Å². The topological polar surface area (TPSA) is 90.9 Å². The van der Waals surface area contributed by atoms with E-state index < -0.39 is 0 Å². The lowest BCUT2D eigenvalue weighted by atomic mass is 9.82. The van der Waals surface area contributed by atoms with Crippen molar-refractivity contribution in [3.05, 3.63) is 59.7 Å². The summed E-state index contributed by atoms with van der Waals surface area (Å²) in [5.74, 6) is 6.52. The number of fused-ring (bicyclic) bond motifs is 3. The number of nitrogens with zero attached hydrogens (tertiary/aromatic N) is 4. The molecule has 172 valence electrons. The number of hydrogen-bond acceptors (Lipinski definition) is 4. The Bertz CT molecular complexity index is 1400. The van der Waals surface area contributed by atoms with Crippen molar-refractivity contribution in [3.8, 4) is 23.1 Å². The largest absolute Gasteiger partial charge is 0.387 e. The van der Waals surface area contributed by atoms with Gasteiger partial charge in [0, 0.05) is 72.7 Å². The third-order valence-corrected chi connectivity index (χ3v) is 7.08. The molecule has 3 aliphatic rings. The van der Waals surface area contributed by atoms with Gasteiger partial charge in [-0.2, -0.15) is 5.10 Å². The van der Waals surface area contributed by atoms with E-state index in [1.807, 2.05) is 36.5 Å².